The van der Waals surface area contributed by atoms with Gasteiger partial charge in [-0.15, -0.1) is 0 Å². The van der Waals surface area contributed by atoms with E-state index in [4.69, 9.17) is 9.47 Å². The Kier molecular flexibility index (Phi) is 5.11. The van der Waals surface area contributed by atoms with Crippen LogP contribution in [0.2, 0.25) is 0 Å². The topological polar surface area (TPSA) is 60.5 Å². The summed E-state index contributed by atoms with van der Waals surface area (Å²) in [6.45, 7) is 3.12. The van der Waals surface area contributed by atoms with Gasteiger partial charge in [-0.05, 0) is 42.7 Å². The minimum Gasteiger partial charge on any atom is -0.496 e. The lowest BCUT2D eigenvalue weighted by Crippen LogP contribution is -2.40. The van der Waals surface area contributed by atoms with Crippen LogP contribution in [0.3, 0.4) is 0 Å². The number of nitrogens with zero attached hydrogens (tertiary/aromatic N) is 1. The molecule has 2 aromatic rings. The lowest BCUT2D eigenvalue weighted by atomic mass is 9.95. The third kappa shape index (κ3) is 3.57. The number of rotatable bonds is 5. The maximum absolute atomic E-state index is 12.7. The molecular formula is C19H22N2O3. The molecule has 3 rings (SSSR count). The minimum absolute atomic E-state index is 0.00381. The molecule has 1 N–H and O–H groups in total. The van der Waals surface area contributed by atoms with Crippen LogP contribution in [-0.2, 0) is 11.2 Å². The second-order valence-corrected chi connectivity index (χ2v) is 6.09. The molecule has 1 aromatic heterocycles. The quantitative estimate of drug-likeness (QED) is 0.916. The zero-order chi connectivity index (χ0) is 16.9. The van der Waals surface area contributed by atoms with Gasteiger partial charge in [0.15, 0.2) is 0 Å². The predicted octanol–water partition coefficient (Wildman–Crippen LogP) is 2.39. The SMILES string of the molecule is COc1c(C)cccc1C(=O)N[C@H]1COC[C@H]1Cc1ccncc1. The molecule has 0 bridgehead atoms. The maximum Gasteiger partial charge on any atom is 0.255 e. The van der Waals surface area contributed by atoms with Crippen LogP contribution in [-0.4, -0.2) is 37.3 Å². The summed E-state index contributed by atoms with van der Waals surface area (Å²) in [5.41, 5.74) is 2.71. The van der Waals surface area contributed by atoms with E-state index in [2.05, 4.69) is 10.3 Å². The maximum atomic E-state index is 12.7. The molecule has 1 aromatic carbocycles. The van der Waals surface area contributed by atoms with Gasteiger partial charge in [0.05, 0.1) is 31.9 Å². The number of aromatic nitrogens is 1. The Balaban J connectivity index is 1.70. The molecule has 24 heavy (non-hydrogen) atoms. The molecule has 2 heterocycles. The number of para-hydroxylation sites is 1. The molecule has 0 spiro atoms. The van der Waals surface area contributed by atoms with Crippen LogP contribution in [0.5, 0.6) is 5.75 Å². The van der Waals surface area contributed by atoms with Crippen molar-refractivity contribution in [2.75, 3.05) is 20.3 Å². The molecule has 126 valence electrons. The van der Waals surface area contributed by atoms with Crippen LogP contribution in [0.4, 0.5) is 0 Å². The first-order chi connectivity index (χ1) is 11.7. The van der Waals surface area contributed by atoms with Gasteiger partial charge in [0.2, 0.25) is 0 Å². The Morgan fingerprint density at radius 2 is 2.08 bits per heavy atom. The smallest absolute Gasteiger partial charge is 0.255 e. The van der Waals surface area contributed by atoms with E-state index >= 15 is 0 Å². The van der Waals surface area contributed by atoms with Crippen molar-refractivity contribution in [3.8, 4) is 5.75 Å². The second-order valence-electron chi connectivity index (χ2n) is 6.09. The number of methoxy groups -OCH3 is 1. The summed E-state index contributed by atoms with van der Waals surface area (Å²) in [5.74, 6) is 0.762. The van der Waals surface area contributed by atoms with Crippen LogP contribution >= 0.6 is 0 Å². The highest BCUT2D eigenvalue weighted by atomic mass is 16.5. The van der Waals surface area contributed by atoms with Gasteiger partial charge in [0.25, 0.3) is 5.91 Å². The van der Waals surface area contributed by atoms with Gasteiger partial charge in [-0.25, -0.2) is 0 Å². The Labute approximate surface area is 142 Å². The molecule has 0 aliphatic carbocycles. The molecule has 1 aliphatic heterocycles. The molecule has 1 amide bonds. The Hall–Kier alpha value is -2.40. The number of nitrogens with one attached hydrogen (secondary N) is 1. The van der Waals surface area contributed by atoms with Gasteiger partial charge in [-0.1, -0.05) is 12.1 Å². The zero-order valence-corrected chi connectivity index (χ0v) is 14.0. The number of aryl methyl sites for hydroxylation is 1. The van der Waals surface area contributed by atoms with Gasteiger partial charge in [-0.3, -0.25) is 9.78 Å². The van der Waals surface area contributed by atoms with E-state index in [1.807, 2.05) is 31.2 Å². The first kappa shape index (κ1) is 16.5. The minimum atomic E-state index is -0.120. The summed E-state index contributed by atoms with van der Waals surface area (Å²) < 4.78 is 11.0. The molecule has 5 heteroatoms. The summed E-state index contributed by atoms with van der Waals surface area (Å²) in [7, 11) is 1.59. The van der Waals surface area contributed by atoms with E-state index in [9.17, 15) is 4.79 Å². The van der Waals surface area contributed by atoms with Gasteiger partial charge in [-0.2, -0.15) is 0 Å². The van der Waals surface area contributed by atoms with Crippen molar-refractivity contribution >= 4 is 5.91 Å². The fraction of sp³-hybridized carbons (Fsp3) is 0.368. The second kappa shape index (κ2) is 7.45. The van der Waals surface area contributed by atoms with Crippen LogP contribution in [0.25, 0.3) is 0 Å². The monoisotopic (exact) mass is 326 g/mol. The summed E-state index contributed by atoms with van der Waals surface area (Å²) in [4.78, 5) is 16.7. The average Bonchev–Trinajstić information content (AvgIpc) is 3.02. The summed E-state index contributed by atoms with van der Waals surface area (Å²) in [6, 6.07) is 9.58. The normalized spacial score (nSPS) is 19.9. The number of carbonyl (C=O) groups excluding carboxylic acids is 1. The van der Waals surface area contributed by atoms with E-state index in [-0.39, 0.29) is 17.9 Å². The van der Waals surface area contributed by atoms with Gasteiger partial charge in [0.1, 0.15) is 5.75 Å². The van der Waals surface area contributed by atoms with E-state index in [1.165, 1.54) is 5.56 Å². The van der Waals surface area contributed by atoms with Crippen molar-refractivity contribution in [1.29, 1.82) is 0 Å². The molecular weight excluding hydrogens is 304 g/mol. The van der Waals surface area contributed by atoms with Gasteiger partial charge >= 0.3 is 0 Å². The molecule has 0 radical (unpaired) electrons. The van der Waals surface area contributed by atoms with Crippen LogP contribution < -0.4 is 10.1 Å². The Morgan fingerprint density at radius 1 is 1.29 bits per heavy atom. The summed E-state index contributed by atoms with van der Waals surface area (Å²) in [5, 5.41) is 3.11. The van der Waals surface area contributed by atoms with Crippen LogP contribution in [0.1, 0.15) is 21.5 Å². The summed E-state index contributed by atoms with van der Waals surface area (Å²) >= 11 is 0. The highest BCUT2D eigenvalue weighted by molar-refractivity contribution is 5.97. The van der Waals surface area contributed by atoms with Crippen molar-refractivity contribution < 1.29 is 14.3 Å². The molecule has 1 fully saturated rings. The van der Waals surface area contributed by atoms with E-state index < -0.39 is 0 Å². The first-order valence-corrected chi connectivity index (χ1v) is 8.10. The van der Waals surface area contributed by atoms with E-state index in [1.54, 1.807) is 25.6 Å². The molecule has 0 unspecified atom stereocenters. The molecule has 1 aliphatic rings. The van der Waals surface area contributed by atoms with Gasteiger partial charge in [0, 0.05) is 18.3 Å². The van der Waals surface area contributed by atoms with E-state index in [0.717, 1.165) is 12.0 Å². The number of carbonyl (C=O) groups is 1. The molecule has 0 saturated carbocycles. The number of hydrogen-bond acceptors (Lipinski definition) is 4. The third-order valence-corrected chi connectivity index (χ3v) is 4.42. The number of ether oxygens (including phenoxy) is 2. The van der Waals surface area contributed by atoms with Crippen molar-refractivity contribution in [2.45, 2.75) is 19.4 Å². The fourth-order valence-corrected chi connectivity index (χ4v) is 3.13. The number of hydrogen-bond donors (Lipinski definition) is 1. The lowest BCUT2D eigenvalue weighted by Gasteiger charge is -2.20. The highest BCUT2D eigenvalue weighted by Gasteiger charge is 2.30. The summed E-state index contributed by atoms with van der Waals surface area (Å²) in [6.07, 6.45) is 4.44. The standard InChI is InChI=1S/C19H22N2O3/c1-13-4-3-5-16(18(13)23-2)19(22)21-17-12-24-11-15(17)10-14-6-8-20-9-7-14/h3-9,15,17H,10-12H2,1-2H3,(H,21,22)/t15-,17+/m1/s1. The Bertz CT molecular complexity index is 703. The van der Waals surface area contributed by atoms with Crippen LogP contribution in [0, 0.1) is 12.8 Å². The third-order valence-electron chi connectivity index (χ3n) is 4.42. The Morgan fingerprint density at radius 3 is 2.83 bits per heavy atom. The van der Waals surface area contributed by atoms with Crippen molar-refractivity contribution in [2.24, 2.45) is 5.92 Å². The van der Waals surface area contributed by atoms with Gasteiger partial charge < -0.3 is 14.8 Å². The number of benzene rings is 1. The molecule has 5 nitrogen and oxygen atoms in total. The molecule has 2 atom stereocenters. The fourth-order valence-electron chi connectivity index (χ4n) is 3.13. The highest BCUT2D eigenvalue weighted by Crippen LogP contribution is 2.24. The van der Waals surface area contributed by atoms with E-state index in [0.29, 0.717) is 24.5 Å². The van der Waals surface area contributed by atoms with Crippen molar-refractivity contribution in [3.05, 3.63) is 59.4 Å². The zero-order valence-electron chi connectivity index (χ0n) is 14.0. The van der Waals surface area contributed by atoms with Crippen LogP contribution in [0.15, 0.2) is 42.7 Å². The lowest BCUT2D eigenvalue weighted by molar-refractivity contribution is 0.0922. The van der Waals surface area contributed by atoms with Crippen molar-refractivity contribution in [3.63, 3.8) is 0 Å². The predicted molar refractivity (Wildman–Crippen MR) is 91.2 cm³/mol. The first-order valence-electron chi connectivity index (χ1n) is 8.10. The average molecular weight is 326 g/mol. The number of pyridine rings is 1. The number of amides is 1. The van der Waals surface area contributed by atoms with Crippen molar-refractivity contribution in [1.82, 2.24) is 10.3 Å². The largest absolute Gasteiger partial charge is 0.496 e. The molecule has 1 saturated heterocycles.